The summed E-state index contributed by atoms with van der Waals surface area (Å²) in [5.74, 6) is -1.53. The summed E-state index contributed by atoms with van der Waals surface area (Å²) in [7, 11) is 0. The van der Waals surface area contributed by atoms with E-state index in [1.807, 2.05) is 0 Å². The van der Waals surface area contributed by atoms with E-state index in [1.165, 1.54) is 13.0 Å². The van der Waals surface area contributed by atoms with Crippen LogP contribution in [-0.2, 0) is 16.0 Å². The number of amides is 2. The standard InChI is InChI=1S/C21H21FN2O3/c1-13(25)15-6-4-7-16(11-15)24-21(27)18-12-17(18)20(26)23-10-9-14-5-2-3-8-19(14)22/h2-8,11,17-18H,9-10,12H2,1H3,(H,23,26)(H,24,27). The Morgan fingerprint density at radius 2 is 1.78 bits per heavy atom. The second-order valence-electron chi connectivity index (χ2n) is 6.71. The lowest BCUT2D eigenvalue weighted by atomic mass is 10.1. The van der Waals surface area contributed by atoms with Crippen LogP contribution in [0.15, 0.2) is 48.5 Å². The van der Waals surface area contributed by atoms with Crippen LogP contribution in [0.25, 0.3) is 0 Å². The van der Waals surface area contributed by atoms with Crippen molar-refractivity contribution in [3.63, 3.8) is 0 Å². The normalized spacial score (nSPS) is 17.9. The van der Waals surface area contributed by atoms with Crippen molar-refractivity contribution in [2.75, 3.05) is 11.9 Å². The van der Waals surface area contributed by atoms with Gasteiger partial charge >= 0.3 is 0 Å². The molecule has 3 rings (SSSR count). The number of Topliss-reactive ketones (excluding diaryl/α,β-unsaturated/α-hetero) is 1. The van der Waals surface area contributed by atoms with Gasteiger partial charge in [0.25, 0.3) is 0 Å². The van der Waals surface area contributed by atoms with E-state index in [-0.39, 0.29) is 35.3 Å². The van der Waals surface area contributed by atoms with E-state index >= 15 is 0 Å². The van der Waals surface area contributed by atoms with Crippen molar-refractivity contribution >= 4 is 23.3 Å². The van der Waals surface area contributed by atoms with Crippen LogP contribution in [0.4, 0.5) is 10.1 Å². The van der Waals surface area contributed by atoms with Gasteiger partial charge in [-0.2, -0.15) is 0 Å². The summed E-state index contributed by atoms with van der Waals surface area (Å²) in [4.78, 5) is 35.9. The second-order valence-corrected chi connectivity index (χ2v) is 6.71. The highest BCUT2D eigenvalue weighted by molar-refractivity contribution is 6.01. The van der Waals surface area contributed by atoms with Crippen molar-refractivity contribution < 1.29 is 18.8 Å². The molecule has 0 spiro atoms. The first-order valence-corrected chi connectivity index (χ1v) is 8.88. The molecule has 2 aromatic carbocycles. The molecule has 2 amide bonds. The highest BCUT2D eigenvalue weighted by Gasteiger charge is 2.47. The number of ketones is 1. The lowest BCUT2D eigenvalue weighted by molar-refractivity contribution is -0.125. The molecule has 0 aliphatic heterocycles. The zero-order valence-corrected chi connectivity index (χ0v) is 15.0. The molecule has 0 bridgehead atoms. The maximum Gasteiger partial charge on any atom is 0.228 e. The van der Waals surface area contributed by atoms with Crippen molar-refractivity contribution in [3.8, 4) is 0 Å². The Bertz CT molecular complexity index is 881. The quantitative estimate of drug-likeness (QED) is 0.738. The predicted octanol–water partition coefficient (Wildman–Crippen LogP) is 2.96. The van der Waals surface area contributed by atoms with Gasteiger partial charge in [0, 0.05) is 17.8 Å². The third kappa shape index (κ3) is 4.78. The van der Waals surface area contributed by atoms with Gasteiger partial charge in [-0.1, -0.05) is 30.3 Å². The van der Waals surface area contributed by atoms with E-state index in [2.05, 4.69) is 10.6 Å². The zero-order valence-electron chi connectivity index (χ0n) is 15.0. The molecule has 1 aliphatic rings. The van der Waals surface area contributed by atoms with Gasteiger partial charge in [-0.15, -0.1) is 0 Å². The molecular weight excluding hydrogens is 347 g/mol. The van der Waals surface area contributed by atoms with Gasteiger partial charge in [0.05, 0.1) is 11.8 Å². The van der Waals surface area contributed by atoms with Crippen LogP contribution in [-0.4, -0.2) is 24.1 Å². The number of carbonyl (C=O) groups excluding carboxylic acids is 3. The number of benzene rings is 2. The first-order chi connectivity index (χ1) is 13.0. The van der Waals surface area contributed by atoms with E-state index in [0.717, 1.165) is 0 Å². The lowest BCUT2D eigenvalue weighted by Crippen LogP contribution is -2.29. The molecule has 6 heteroatoms. The van der Waals surface area contributed by atoms with E-state index in [9.17, 15) is 18.8 Å². The van der Waals surface area contributed by atoms with E-state index in [4.69, 9.17) is 0 Å². The van der Waals surface area contributed by atoms with Crippen LogP contribution >= 0.6 is 0 Å². The third-order valence-electron chi connectivity index (χ3n) is 4.65. The fraction of sp³-hybridized carbons (Fsp3) is 0.286. The van der Waals surface area contributed by atoms with Crippen molar-refractivity contribution in [2.24, 2.45) is 11.8 Å². The van der Waals surface area contributed by atoms with E-state index in [0.29, 0.717) is 36.2 Å². The highest BCUT2D eigenvalue weighted by atomic mass is 19.1. The number of halogens is 1. The number of nitrogens with one attached hydrogen (secondary N) is 2. The van der Waals surface area contributed by atoms with Gasteiger partial charge in [-0.05, 0) is 43.5 Å². The summed E-state index contributed by atoms with van der Waals surface area (Å²) in [6.07, 6.45) is 0.892. The van der Waals surface area contributed by atoms with Crippen molar-refractivity contribution in [2.45, 2.75) is 19.8 Å². The summed E-state index contributed by atoms with van der Waals surface area (Å²) < 4.78 is 13.6. The molecule has 1 fully saturated rings. The number of rotatable bonds is 7. The Labute approximate surface area is 157 Å². The van der Waals surface area contributed by atoms with Gasteiger partial charge in [-0.25, -0.2) is 4.39 Å². The van der Waals surface area contributed by atoms with Gasteiger partial charge < -0.3 is 10.6 Å². The molecule has 2 N–H and O–H groups in total. The van der Waals surface area contributed by atoms with Gasteiger partial charge in [0.1, 0.15) is 5.82 Å². The molecule has 1 aliphatic carbocycles. The summed E-state index contributed by atoms with van der Waals surface area (Å²) >= 11 is 0. The second kappa shape index (κ2) is 8.12. The average Bonchev–Trinajstić information content (AvgIpc) is 3.44. The Morgan fingerprint density at radius 1 is 1.04 bits per heavy atom. The zero-order chi connectivity index (χ0) is 19.4. The number of hydrogen-bond donors (Lipinski definition) is 2. The van der Waals surface area contributed by atoms with Crippen LogP contribution in [0.5, 0.6) is 0 Å². The summed E-state index contributed by atoms with van der Waals surface area (Å²) in [5, 5.41) is 5.52. The molecule has 0 radical (unpaired) electrons. The summed E-state index contributed by atoms with van der Waals surface area (Å²) in [5.41, 5.74) is 1.61. The molecular formula is C21H21FN2O3. The molecule has 0 saturated heterocycles. The van der Waals surface area contributed by atoms with Crippen molar-refractivity contribution in [1.82, 2.24) is 5.32 Å². The maximum atomic E-state index is 13.6. The fourth-order valence-electron chi connectivity index (χ4n) is 2.98. The number of hydrogen-bond acceptors (Lipinski definition) is 3. The van der Waals surface area contributed by atoms with E-state index in [1.54, 1.807) is 42.5 Å². The molecule has 0 heterocycles. The van der Waals surface area contributed by atoms with Crippen LogP contribution in [0.3, 0.4) is 0 Å². The minimum atomic E-state index is -0.376. The van der Waals surface area contributed by atoms with Crippen molar-refractivity contribution in [1.29, 1.82) is 0 Å². The van der Waals surface area contributed by atoms with Gasteiger partial charge in [0.2, 0.25) is 11.8 Å². The Hall–Kier alpha value is -3.02. The molecule has 1 saturated carbocycles. The fourth-order valence-corrected chi connectivity index (χ4v) is 2.98. The molecule has 2 aromatic rings. The molecule has 2 unspecified atom stereocenters. The smallest absolute Gasteiger partial charge is 0.228 e. The lowest BCUT2D eigenvalue weighted by Gasteiger charge is -2.07. The SMILES string of the molecule is CC(=O)c1cccc(NC(=O)C2CC2C(=O)NCCc2ccccc2F)c1. The first kappa shape index (κ1) is 18.8. The predicted molar refractivity (Wildman–Crippen MR) is 99.8 cm³/mol. The minimum Gasteiger partial charge on any atom is -0.356 e. The Morgan fingerprint density at radius 3 is 2.52 bits per heavy atom. The first-order valence-electron chi connectivity index (χ1n) is 8.88. The monoisotopic (exact) mass is 368 g/mol. The molecule has 0 aromatic heterocycles. The van der Waals surface area contributed by atoms with Crippen LogP contribution in [0.1, 0.15) is 29.3 Å². The minimum absolute atomic E-state index is 0.0790. The Balaban J connectivity index is 1.46. The molecule has 140 valence electrons. The molecule has 2 atom stereocenters. The topological polar surface area (TPSA) is 75.3 Å². The van der Waals surface area contributed by atoms with E-state index < -0.39 is 0 Å². The number of anilines is 1. The van der Waals surface area contributed by atoms with Gasteiger partial charge in [-0.3, -0.25) is 14.4 Å². The largest absolute Gasteiger partial charge is 0.356 e. The van der Waals surface area contributed by atoms with Crippen LogP contribution in [0, 0.1) is 17.7 Å². The molecule has 27 heavy (non-hydrogen) atoms. The van der Waals surface area contributed by atoms with Crippen LogP contribution < -0.4 is 10.6 Å². The maximum absolute atomic E-state index is 13.6. The Kier molecular flexibility index (Phi) is 5.64. The molecule has 5 nitrogen and oxygen atoms in total. The van der Waals surface area contributed by atoms with Gasteiger partial charge in [0.15, 0.2) is 5.78 Å². The van der Waals surface area contributed by atoms with Crippen LogP contribution in [0.2, 0.25) is 0 Å². The van der Waals surface area contributed by atoms with Crippen molar-refractivity contribution in [3.05, 3.63) is 65.5 Å². The summed E-state index contributed by atoms with van der Waals surface area (Å²) in [6, 6.07) is 13.2. The highest BCUT2D eigenvalue weighted by Crippen LogP contribution is 2.39. The average molecular weight is 368 g/mol. The summed E-state index contributed by atoms with van der Waals surface area (Å²) in [6.45, 7) is 1.79. The number of carbonyl (C=O) groups is 3. The third-order valence-corrected chi connectivity index (χ3v) is 4.65.